The van der Waals surface area contributed by atoms with Crippen molar-refractivity contribution in [3.05, 3.63) is 41.5 Å². The zero-order chi connectivity index (χ0) is 15.0. The maximum atomic E-state index is 11.5. The lowest BCUT2D eigenvalue weighted by Gasteiger charge is -2.04. The summed E-state index contributed by atoms with van der Waals surface area (Å²) in [7, 11) is 1.58. The lowest BCUT2D eigenvalue weighted by molar-refractivity contribution is -0.116. The van der Waals surface area contributed by atoms with Crippen LogP contribution in [0.1, 0.15) is 29.3 Å². The first-order valence-electron chi connectivity index (χ1n) is 6.49. The van der Waals surface area contributed by atoms with Gasteiger partial charge in [0.05, 0.1) is 6.10 Å². The van der Waals surface area contributed by atoms with E-state index in [4.69, 9.17) is 5.11 Å². The molecule has 1 aromatic carbocycles. The number of hydrogen-bond donors (Lipinski definition) is 3. The third kappa shape index (κ3) is 5.67. The molecule has 1 unspecified atom stereocenters. The second-order valence-electron chi connectivity index (χ2n) is 4.46. The first-order valence-corrected chi connectivity index (χ1v) is 6.49. The number of nitrogens with one attached hydrogen (secondary N) is 2. The summed E-state index contributed by atoms with van der Waals surface area (Å²) < 4.78 is 0. The Morgan fingerprint density at radius 3 is 2.50 bits per heavy atom. The number of benzene rings is 1. The average Bonchev–Trinajstić information content (AvgIpc) is 2.44. The van der Waals surface area contributed by atoms with Crippen LogP contribution in [0.4, 0.5) is 0 Å². The summed E-state index contributed by atoms with van der Waals surface area (Å²) in [4.78, 5) is 22.8. The zero-order valence-corrected chi connectivity index (χ0v) is 11.7. The molecule has 5 heteroatoms. The van der Waals surface area contributed by atoms with Crippen molar-refractivity contribution in [2.24, 2.45) is 0 Å². The summed E-state index contributed by atoms with van der Waals surface area (Å²) in [5.74, 6) is -0.350. The fourth-order valence-corrected chi connectivity index (χ4v) is 1.53. The Balaban J connectivity index is 2.49. The summed E-state index contributed by atoms with van der Waals surface area (Å²) >= 11 is 0. The van der Waals surface area contributed by atoms with E-state index in [-0.39, 0.29) is 11.8 Å². The molecule has 0 spiro atoms. The second kappa shape index (κ2) is 8.12. The van der Waals surface area contributed by atoms with Crippen LogP contribution < -0.4 is 10.6 Å². The van der Waals surface area contributed by atoms with Gasteiger partial charge in [-0.2, -0.15) is 0 Å². The Kier molecular flexibility index (Phi) is 6.46. The van der Waals surface area contributed by atoms with Crippen molar-refractivity contribution < 1.29 is 14.7 Å². The van der Waals surface area contributed by atoms with Crippen LogP contribution in [-0.4, -0.2) is 36.6 Å². The van der Waals surface area contributed by atoms with Crippen LogP contribution in [0.5, 0.6) is 0 Å². The van der Waals surface area contributed by atoms with E-state index in [0.29, 0.717) is 18.5 Å². The number of aliphatic hydroxyl groups is 1. The van der Waals surface area contributed by atoms with Crippen molar-refractivity contribution in [1.29, 1.82) is 0 Å². The highest BCUT2D eigenvalue weighted by atomic mass is 16.3. The fraction of sp³-hybridized carbons (Fsp3) is 0.333. The molecule has 0 radical (unpaired) electrons. The largest absolute Gasteiger partial charge is 0.393 e. The van der Waals surface area contributed by atoms with Gasteiger partial charge in [0.1, 0.15) is 0 Å². The Bertz CT molecular complexity index is 478. The van der Waals surface area contributed by atoms with Gasteiger partial charge in [-0.1, -0.05) is 12.1 Å². The maximum Gasteiger partial charge on any atom is 0.251 e. The summed E-state index contributed by atoms with van der Waals surface area (Å²) in [6.45, 7) is 2.12. The molecule has 0 aliphatic heterocycles. The molecule has 0 aliphatic rings. The number of aliphatic hydroxyl groups excluding tert-OH is 1. The Morgan fingerprint density at radius 2 is 1.95 bits per heavy atom. The normalized spacial score (nSPS) is 12.2. The van der Waals surface area contributed by atoms with Crippen molar-refractivity contribution in [1.82, 2.24) is 10.6 Å². The summed E-state index contributed by atoms with van der Waals surface area (Å²) in [6.07, 6.45) is 3.21. The van der Waals surface area contributed by atoms with E-state index in [2.05, 4.69) is 10.6 Å². The van der Waals surface area contributed by atoms with Gasteiger partial charge < -0.3 is 15.7 Å². The van der Waals surface area contributed by atoms with Gasteiger partial charge in [-0.05, 0) is 37.1 Å². The van der Waals surface area contributed by atoms with Crippen LogP contribution in [0.2, 0.25) is 0 Å². The minimum Gasteiger partial charge on any atom is -0.393 e. The van der Waals surface area contributed by atoms with Gasteiger partial charge >= 0.3 is 0 Å². The summed E-state index contributed by atoms with van der Waals surface area (Å²) in [6, 6.07) is 6.93. The SMILES string of the molecule is CNC(=O)c1ccc(/C=C/C(=O)NCCC(C)O)cc1. The Labute approximate surface area is 118 Å². The number of rotatable bonds is 6. The fourth-order valence-electron chi connectivity index (χ4n) is 1.53. The standard InChI is InChI=1S/C15H20N2O3/c1-11(18)9-10-17-14(19)8-5-12-3-6-13(7-4-12)15(20)16-2/h3-8,11,18H,9-10H2,1-2H3,(H,16,20)(H,17,19)/b8-5+. The van der Waals surface area contributed by atoms with E-state index < -0.39 is 6.10 Å². The molecule has 1 aromatic rings. The number of carbonyl (C=O) groups is 2. The number of amides is 2. The van der Waals surface area contributed by atoms with Crippen molar-refractivity contribution in [3.63, 3.8) is 0 Å². The van der Waals surface area contributed by atoms with Crippen molar-refractivity contribution in [3.8, 4) is 0 Å². The van der Waals surface area contributed by atoms with Gasteiger partial charge in [0.25, 0.3) is 5.91 Å². The molecule has 2 amide bonds. The third-order valence-electron chi connectivity index (χ3n) is 2.69. The summed E-state index contributed by atoms with van der Waals surface area (Å²) in [5.41, 5.74) is 1.41. The Morgan fingerprint density at radius 1 is 1.30 bits per heavy atom. The first-order chi connectivity index (χ1) is 9.52. The molecule has 0 heterocycles. The number of hydrogen-bond acceptors (Lipinski definition) is 3. The molecule has 5 nitrogen and oxygen atoms in total. The van der Waals surface area contributed by atoms with Crippen LogP contribution in [0, 0.1) is 0 Å². The minimum atomic E-state index is -0.420. The molecule has 1 atom stereocenters. The van der Waals surface area contributed by atoms with Crippen LogP contribution in [0.25, 0.3) is 6.08 Å². The van der Waals surface area contributed by atoms with Crippen LogP contribution in [0.15, 0.2) is 30.3 Å². The predicted octanol–water partition coefficient (Wildman–Crippen LogP) is 0.946. The maximum absolute atomic E-state index is 11.5. The van der Waals surface area contributed by atoms with Crippen LogP contribution >= 0.6 is 0 Å². The smallest absolute Gasteiger partial charge is 0.251 e. The van der Waals surface area contributed by atoms with Gasteiger partial charge in [-0.3, -0.25) is 9.59 Å². The van der Waals surface area contributed by atoms with Crippen molar-refractivity contribution in [2.45, 2.75) is 19.4 Å². The molecule has 0 aliphatic carbocycles. The van der Waals surface area contributed by atoms with Crippen LogP contribution in [0.3, 0.4) is 0 Å². The van der Waals surface area contributed by atoms with Gasteiger partial charge in [-0.15, -0.1) is 0 Å². The molecule has 20 heavy (non-hydrogen) atoms. The van der Waals surface area contributed by atoms with E-state index in [1.54, 1.807) is 44.3 Å². The zero-order valence-electron chi connectivity index (χ0n) is 11.7. The quantitative estimate of drug-likeness (QED) is 0.677. The second-order valence-corrected chi connectivity index (χ2v) is 4.46. The molecule has 3 N–H and O–H groups in total. The third-order valence-corrected chi connectivity index (χ3v) is 2.69. The minimum absolute atomic E-state index is 0.142. The van der Waals surface area contributed by atoms with E-state index in [1.165, 1.54) is 6.08 Å². The van der Waals surface area contributed by atoms with Gasteiger partial charge in [0.15, 0.2) is 0 Å². The molecule has 0 bridgehead atoms. The molecule has 0 saturated carbocycles. The monoisotopic (exact) mass is 276 g/mol. The molecular formula is C15H20N2O3. The van der Waals surface area contributed by atoms with Crippen LogP contribution in [-0.2, 0) is 4.79 Å². The van der Waals surface area contributed by atoms with E-state index in [1.807, 2.05) is 0 Å². The van der Waals surface area contributed by atoms with E-state index >= 15 is 0 Å². The van der Waals surface area contributed by atoms with Crippen molar-refractivity contribution in [2.75, 3.05) is 13.6 Å². The summed E-state index contributed by atoms with van der Waals surface area (Å²) in [5, 5.41) is 14.3. The van der Waals surface area contributed by atoms with Gasteiger partial charge in [0, 0.05) is 25.2 Å². The lowest BCUT2D eigenvalue weighted by atomic mass is 10.1. The molecule has 0 fully saturated rings. The number of carbonyl (C=O) groups excluding carboxylic acids is 2. The van der Waals surface area contributed by atoms with E-state index in [0.717, 1.165) is 5.56 Å². The molecule has 1 rings (SSSR count). The first kappa shape index (κ1) is 15.9. The molecule has 108 valence electrons. The Hall–Kier alpha value is -2.14. The molecular weight excluding hydrogens is 256 g/mol. The molecule has 0 aromatic heterocycles. The topological polar surface area (TPSA) is 78.4 Å². The van der Waals surface area contributed by atoms with Gasteiger partial charge in [0.2, 0.25) is 5.91 Å². The predicted molar refractivity (Wildman–Crippen MR) is 78.2 cm³/mol. The molecule has 0 saturated heterocycles. The highest BCUT2D eigenvalue weighted by Crippen LogP contribution is 2.06. The van der Waals surface area contributed by atoms with Gasteiger partial charge in [-0.25, -0.2) is 0 Å². The lowest BCUT2D eigenvalue weighted by Crippen LogP contribution is -2.24. The highest BCUT2D eigenvalue weighted by Gasteiger charge is 2.01. The highest BCUT2D eigenvalue weighted by molar-refractivity contribution is 5.94. The average molecular weight is 276 g/mol. The van der Waals surface area contributed by atoms with E-state index in [9.17, 15) is 9.59 Å². The van der Waals surface area contributed by atoms with Crippen molar-refractivity contribution >= 4 is 17.9 Å².